The minimum Gasteiger partial charge on any atom is -0.380 e. The van der Waals surface area contributed by atoms with Gasteiger partial charge in [-0.1, -0.05) is 44.2 Å². The van der Waals surface area contributed by atoms with Crippen molar-refractivity contribution < 1.29 is 9.67 Å². The van der Waals surface area contributed by atoms with E-state index in [0.29, 0.717) is 0 Å². The number of nitrogens with zero attached hydrogens (tertiary/aromatic N) is 1. The van der Waals surface area contributed by atoms with E-state index in [2.05, 4.69) is 0 Å². The molecule has 0 spiro atoms. The molecular formula is C16H20NO+. The summed E-state index contributed by atoms with van der Waals surface area (Å²) in [5.41, 5.74) is 0.936. The van der Waals surface area contributed by atoms with Crippen LogP contribution in [0.1, 0.15) is 25.0 Å². The highest BCUT2D eigenvalue weighted by Gasteiger charge is 2.35. The Kier molecular flexibility index (Phi) is 3.48. The van der Waals surface area contributed by atoms with Gasteiger partial charge < -0.3 is 5.11 Å². The number of aromatic nitrogens is 1. The van der Waals surface area contributed by atoms with Gasteiger partial charge in [-0.3, -0.25) is 0 Å². The van der Waals surface area contributed by atoms with E-state index in [4.69, 9.17) is 0 Å². The number of aryl methyl sites for hydroxylation is 1. The van der Waals surface area contributed by atoms with Crippen LogP contribution in [0.5, 0.6) is 0 Å². The van der Waals surface area contributed by atoms with Gasteiger partial charge >= 0.3 is 0 Å². The molecule has 2 rings (SSSR count). The average Bonchev–Trinajstić information content (AvgIpc) is 2.39. The summed E-state index contributed by atoms with van der Waals surface area (Å²) in [6, 6.07) is 13.8. The first-order chi connectivity index (χ1) is 8.55. The molecule has 0 aliphatic carbocycles. The molecule has 2 aromatic rings. The van der Waals surface area contributed by atoms with Crippen molar-refractivity contribution in [1.29, 1.82) is 0 Å². The number of rotatable bonds is 3. The Morgan fingerprint density at radius 2 is 1.44 bits per heavy atom. The second-order valence-electron chi connectivity index (χ2n) is 5.04. The number of hydrogen-bond acceptors (Lipinski definition) is 1. The molecule has 0 bridgehead atoms. The van der Waals surface area contributed by atoms with Crippen LogP contribution in [0.4, 0.5) is 0 Å². The highest BCUT2D eigenvalue weighted by molar-refractivity contribution is 5.35. The fourth-order valence-corrected chi connectivity index (χ4v) is 2.28. The monoisotopic (exact) mass is 242 g/mol. The summed E-state index contributed by atoms with van der Waals surface area (Å²) in [6.07, 6.45) is 3.93. The van der Waals surface area contributed by atoms with Crippen LogP contribution in [0.3, 0.4) is 0 Å². The molecule has 18 heavy (non-hydrogen) atoms. The fraction of sp³-hybridized carbons (Fsp3) is 0.312. The average molecular weight is 242 g/mol. The van der Waals surface area contributed by atoms with Crippen LogP contribution in [0.25, 0.3) is 0 Å². The van der Waals surface area contributed by atoms with Gasteiger partial charge in [-0.25, -0.2) is 4.57 Å². The van der Waals surface area contributed by atoms with Crippen molar-refractivity contribution in [1.82, 2.24) is 0 Å². The molecule has 2 heteroatoms. The first-order valence-electron chi connectivity index (χ1n) is 6.29. The first kappa shape index (κ1) is 12.8. The molecular weight excluding hydrogens is 222 g/mol. The molecule has 1 unspecified atom stereocenters. The Bertz CT molecular complexity index is 504. The Labute approximate surface area is 109 Å². The van der Waals surface area contributed by atoms with E-state index >= 15 is 0 Å². The highest BCUT2D eigenvalue weighted by Crippen LogP contribution is 2.35. The summed E-state index contributed by atoms with van der Waals surface area (Å²) in [4.78, 5) is 0. The lowest BCUT2D eigenvalue weighted by Gasteiger charge is -2.33. The van der Waals surface area contributed by atoms with Crippen molar-refractivity contribution in [3.63, 3.8) is 0 Å². The van der Waals surface area contributed by atoms with Crippen LogP contribution in [-0.2, 0) is 12.6 Å². The standard InChI is InChI=1S/C16H20NO/c1-13(2)16(18,14-7-5-4-6-8-14)15-9-11-17(3)12-10-15/h4-13,18H,1-3H3/q+1. The highest BCUT2D eigenvalue weighted by atomic mass is 16.3. The second kappa shape index (κ2) is 4.91. The number of pyridine rings is 1. The summed E-state index contributed by atoms with van der Waals surface area (Å²) in [5, 5.41) is 11.1. The van der Waals surface area contributed by atoms with E-state index in [1.807, 2.05) is 80.3 Å². The molecule has 1 atom stereocenters. The van der Waals surface area contributed by atoms with Crippen molar-refractivity contribution in [2.45, 2.75) is 19.4 Å². The Hall–Kier alpha value is -1.67. The lowest BCUT2D eigenvalue weighted by molar-refractivity contribution is -0.671. The third-order valence-corrected chi connectivity index (χ3v) is 3.47. The van der Waals surface area contributed by atoms with E-state index in [0.717, 1.165) is 11.1 Å². The third-order valence-electron chi connectivity index (χ3n) is 3.47. The van der Waals surface area contributed by atoms with Crippen molar-refractivity contribution >= 4 is 0 Å². The van der Waals surface area contributed by atoms with Gasteiger partial charge in [-0.15, -0.1) is 0 Å². The zero-order chi connectivity index (χ0) is 13.2. The molecule has 0 fully saturated rings. The van der Waals surface area contributed by atoms with E-state index in [-0.39, 0.29) is 5.92 Å². The van der Waals surface area contributed by atoms with E-state index in [1.165, 1.54) is 0 Å². The lowest BCUT2D eigenvalue weighted by Crippen LogP contribution is -2.35. The molecule has 2 nitrogen and oxygen atoms in total. The molecule has 0 amide bonds. The quantitative estimate of drug-likeness (QED) is 0.821. The van der Waals surface area contributed by atoms with Crippen LogP contribution in [-0.4, -0.2) is 5.11 Å². The summed E-state index contributed by atoms with van der Waals surface area (Å²) in [5.74, 6) is 0.104. The molecule has 1 heterocycles. The Morgan fingerprint density at radius 1 is 0.944 bits per heavy atom. The van der Waals surface area contributed by atoms with Crippen molar-refractivity contribution in [3.05, 3.63) is 66.0 Å². The van der Waals surface area contributed by atoms with Gasteiger partial charge in [-0.2, -0.15) is 0 Å². The fourth-order valence-electron chi connectivity index (χ4n) is 2.28. The minimum absolute atomic E-state index is 0.104. The van der Waals surface area contributed by atoms with Crippen molar-refractivity contribution in [2.75, 3.05) is 0 Å². The zero-order valence-corrected chi connectivity index (χ0v) is 11.2. The molecule has 0 radical (unpaired) electrons. The summed E-state index contributed by atoms with van der Waals surface area (Å²) in [7, 11) is 1.97. The second-order valence-corrected chi connectivity index (χ2v) is 5.04. The molecule has 0 aliphatic rings. The van der Waals surface area contributed by atoms with E-state index in [9.17, 15) is 5.11 Å². The third kappa shape index (κ3) is 2.16. The van der Waals surface area contributed by atoms with Gasteiger partial charge in [0.15, 0.2) is 12.4 Å². The van der Waals surface area contributed by atoms with Crippen LogP contribution >= 0.6 is 0 Å². The molecule has 1 aromatic carbocycles. The molecule has 1 N–H and O–H groups in total. The van der Waals surface area contributed by atoms with Crippen molar-refractivity contribution in [2.24, 2.45) is 13.0 Å². The largest absolute Gasteiger partial charge is 0.380 e. The SMILES string of the molecule is CC(C)C(O)(c1ccccc1)c1cc[n+](C)cc1. The smallest absolute Gasteiger partial charge is 0.168 e. The van der Waals surface area contributed by atoms with E-state index < -0.39 is 5.60 Å². The van der Waals surface area contributed by atoms with Gasteiger partial charge in [0.25, 0.3) is 0 Å². The summed E-state index contributed by atoms with van der Waals surface area (Å²) in [6.45, 7) is 4.08. The molecule has 1 aromatic heterocycles. The zero-order valence-electron chi connectivity index (χ0n) is 11.2. The summed E-state index contributed by atoms with van der Waals surface area (Å²) >= 11 is 0. The number of aliphatic hydroxyl groups is 1. The van der Waals surface area contributed by atoms with Gasteiger partial charge in [0.2, 0.25) is 0 Å². The minimum atomic E-state index is -0.935. The Morgan fingerprint density at radius 3 is 1.94 bits per heavy atom. The normalized spacial score (nSPS) is 14.5. The maximum Gasteiger partial charge on any atom is 0.168 e. The molecule has 0 saturated carbocycles. The van der Waals surface area contributed by atoms with Crippen LogP contribution in [0.15, 0.2) is 54.9 Å². The summed E-state index contributed by atoms with van der Waals surface area (Å²) < 4.78 is 1.97. The molecule has 0 saturated heterocycles. The van der Waals surface area contributed by atoms with Crippen molar-refractivity contribution in [3.8, 4) is 0 Å². The topological polar surface area (TPSA) is 24.1 Å². The maximum absolute atomic E-state index is 11.1. The van der Waals surface area contributed by atoms with Gasteiger partial charge in [0, 0.05) is 17.7 Å². The van der Waals surface area contributed by atoms with Crippen LogP contribution in [0, 0.1) is 5.92 Å². The number of hydrogen-bond donors (Lipinski definition) is 1. The predicted molar refractivity (Wildman–Crippen MR) is 71.9 cm³/mol. The molecule has 94 valence electrons. The Balaban J connectivity index is 2.54. The first-order valence-corrected chi connectivity index (χ1v) is 6.29. The van der Waals surface area contributed by atoms with Gasteiger partial charge in [0.05, 0.1) is 0 Å². The van der Waals surface area contributed by atoms with Gasteiger partial charge in [-0.05, 0) is 11.5 Å². The predicted octanol–water partition coefficient (Wildman–Crippen LogP) is 2.40. The van der Waals surface area contributed by atoms with Crippen LogP contribution in [0.2, 0.25) is 0 Å². The maximum atomic E-state index is 11.1. The number of benzene rings is 1. The van der Waals surface area contributed by atoms with Gasteiger partial charge in [0.1, 0.15) is 12.6 Å². The lowest BCUT2D eigenvalue weighted by atomic mass is 9.78. The molecule has 0 aliphatic heterocycles. The van der Waals surface area contributed by atoms with Crippen LogP contribution < -0.4 is 4.57 Å². The van der Waals surface area contributed by atoms with E-state index in [1.54, 1.807) is 0 Å².